The Morgan fingerprint density at radius 1 is 1.00 bits per heavy atom. The normalized spacial score (nSPS) is 39.5. The molecule has 2 atom stereocenters. The first-order chi connectivity index (χ1) is 5.30. The number of rotatable bonds is 0. The zero-order chi connectivity index (χ0) is 9.57. The largest absolute Gasteiger partial charge is 0.244 e. The van der Waals surface area contributed by atoms with Crippen LogP contribution in [0.5, 0.6) is 0 Å². The van der Waals surface area contributed by atoms with Gasteiger partial charge in [-0.3, -0.25) is 0 Å². The molecule has 1 rings (SSSR count). The fourth-order valence-electron chi connectivity index (χ4n) is 1.07. The summed E-state index contributed by atoms with van der Waals surface area (Å²) in [5.74, 6) is 0. The van der Waals surface area contributed by atoms with Crippen LogP contribution < -0.4 is 0 Å². The average Bonchev–Trinajstić information content (AvgIpc) is 1.96. The van der Waals surface area contributed by atoms with Crippen molar-refractivity contribution >= 4 is 58.0 Å². The molecule has 1 fully saturated rings. The SMILES string of the molecule is FC1CCC(Cl)C(Cl)(Cl)C1(Cl)Cl. The molecular formula is C6H6Cl5F. The predicted octanol–water partition coefficient (Wildman–Crippen LogP) is 4.07. The van der Waals surface area contributed by atoms with E-state index >= 15 is 0 Å². The predicted molar refractivity (Wildman–Crippen MR) is 52.6 cm³/mol. The first kappa shape index (κ1) is 11.5. The highest BCUT2D eigenvalue weighted by atomic mass is 35.5. The van der Waals surface area contributed by atoms with Gasteiger partial charge in [0.05, 0.1) is 5.38 Å². The summed E-state index contributed by atoms with van der Waals surface area (Å²) < 4.78 is 9.69. The van der Waals surface area contributed by atoms with Gasteiger partial charge in [-0.05, 0) is 12.8 Å². The summed E-state index contributed by atoms with van der Waals surface area (Å²) >= 11 is 28.5. The van der Waals surface area contributed by atoms with Gasteiger partial charge in [0, 0.05) is 0 Å². The molecule has 0 aromatic heterocycles. The Bertz CT molecular complexity index is 161. The number of halogens is 6. The van der Waals surface area contributed by atoms with Crippen LogP contribution in [0.4, 0.5) is 4.39 Å². The van der Waals surface area contributed by atoms with Crippen molar-refractivity contribution < 1.29 is 4.39 Å². The molecule has 0 amide bonds. The van der Waals surface area contributed by atoms with Crippen molar-refractivity contribution in [2.24, 2.45) is 0 Å². The number of alkyl halides is 6. The summed E-state index contributed by atoms with van der Waals surface area (Å²) in [6.07, 6.45) is -0.884. The summed E-state index contributed by atoms with van der Waals surface area (Å²) in [6.45, 7) is 0. The van der Waals surface area contributed by atoms with Gasteiger partial charge in [0.15, 0.2) is 8.67 Å². The van der Waals surface area contributed by atoms with Crippen LogP contribution in [0.25, 0.3) is 0 Å². The van der Waals surface area contributed by atoms with Crippen molar-refractivity contribution in [1.29, 1.82) is 0 Å². The highest BCUT2D eigenvalue weighted by Crippen LogP contribution is 2.54. The molecule has 0 radical (unpaired) electrons. The van der Waals surface area contributed by atoms with Crippen LogP contribution in [0.3, 0.4) is 0 Å². The molecule has 0 aromatic rings. The Balaban J connectivity index is 2.92. The lowest BCUT2D eigenvalue weighted by Gasteiger charge is -2.42. The van der Waals surface area contributed by atoms with E-state index in [-0.39, 0.29) is 6.42 Å². The van der Waals surface area contributed by atoms with Crippen molar-refractivity contribution in [2.45, 2.75) is 33.1 Å². The Labute approximate surface area is 95.2 Å². The Morgan fingerprint density at radius 2 is 1.50 bits per heavy atom. The van der Waals surface area contributed by atoms with Crippen LogP contribution in [-0.2, 0) is 0 Å². The van der Waals surface area contributed by atoms with Crippen LogP contribution in [0.15, 0.2) is 0 Å². The average molecular weight is 274 g/mol. The molecule has 0 spiro atoms. The molecule has 1 aliphatic carbocycles. The van der Waals surface area contributed by atoms with Gasteiger partial charge < -0.3 is 0 Å². The fourth-order valence-corrected chi connectivity index (χ4v) is 2.42. The van der Waals surface area contributed by atoms with Crippen LogP contribution in [0.2, 0.25) is 0 Å². The number of hydrogen-bond donors (Lipinski definition) is 0. The van der Waals surface area contributed by atoms with E-state index in [1.807, 2.05) is 0 Å². The molecule has 2 unspecified atom stereocenters. The minimum atomic E-state index is -1.82. The molecule has 0 nitrogen and oxygen atoms in total. The van der Waals surface area contributed by atoms with Crippen molar-refractivity contribution in [2.75, 3.05) is 0 Å². The Hall–Kier alpha value is 1.38. The van der Waals surface area contributed by atoms with E-state index in [2.05, 4.69) is 0 Å². The molecule has 72 valence electrons. The van der Waals surface area contributed by atoms with Crippen LogP contribution in [-0.4, -0.2) is 20.2 Å². The van der Waals surface area contributed by atoms with Crippen molar-refractivity contribution in [3.63, 3.8) is 0 Å². The van der Waals surface area contributed by atoms with E-state index in [1.54, 1.807) is 0 Å². The standard InChI is InChI=1S/C6H6Cl5F/c7-3-1-2-4(12)6(10,11)5(3,8)9/h3-4H,1-2H2. The minimum Gasteiger partial charge on any atom is -0.244 e. The molecule has 0 heterocycles. The molecular weight excluding hydrogens is 268 g/mol. The van der Waals surface area contributed by atoms with E-state index < -0.39 is 20.2 Å². The second-order valence-electron chi connectivity index (χ2n) is 2.76. The molecule has 0 aliphatic heterocycles. The lowest BCUT2D eigenvalue weighted by atomic mass is 9.96. The van der Waals surface area contributed by atoms with E-state index in [1.165, 1.54) is 0 Å². The smallest absolute Gasteiger partial charge is 0.183 e. The van der Waals surface area contributed by atoms with Crippen molar-refractivity contribution in [3.05, 3.63) is 0 Å². The van der Waals surface area contributed by atoms with Crippen LogP contribution in [0, 0.1) is 0 Å². The third-order valence-corrected chi connectivity index (χ3v) is 5.25. The van der Waals surface area contributed by atoms with Gasteiger partial charge in [-0.15, -0.1) is 11.6 Å². The summed E-state index contributed by atoms with van der Waals surface area (Å²) in [5.41, 5.74) is 0. The molecule has 0 saturated heterocycles. The van der Waals surface area contributed by atoms with E-state index in [0.717, 1.165) is 0 Å². The first-order valence-electron chi connectivity index (χ1n) is 3.34. The van der Waals surface area contributed by atoms with Gasteiger partial charge in [0.25, 0.3) is 0 Å². The third kappa shape index (κ3) is 1.64. The Morgan fingerprint density at radius 3 is 1.92 bits per heavy atom. The molecule has 12 heavy (non-hydrogen) atoms. The number of hydrogen-bond acceptors (Lipinski definition) is 0. The van der Waals surface area contributed by atoms with E-state index in [9.17, 15) is 4.39 Å². The molecule has 1 aliphatic rings. The van der Waals surface area contributed by atoms with E-state index in [4.69, 9.17) is 58.0 Å². The van der Waals surface area contributed by atoms with Gasteiger partial charge in [-0.25, -0.2) is 4.39 Å². The van der Waals surface area contributed by atoms with E-state index in [0.29, 0.717) is 6.42 Å². The lowest BCUT2D eigenvalue weighted by Crippen LogP contribution is -2.53. The van der Waals surface area contributed by atoms with Gasteiger partial charge in [-0.2, -0.15) is 0 Å². The van der Waals surface area contributed by atoms with Gasteiger partial charge >= 0.3 is 0 Å². The highest BCUT2D eigenvalue weighted by molar-refractivity contribution is 6.64. The Kier molecular flexibility index (Phi) is 3.35. The van der Waals surface area contributed by atoms with Crippen molar-refractivity contribution in [3.8, 4) is 0 Å². The van der Waals surface area contributed by atoms with Gasteiger partial charge in [0.2, 0.25) is 0 Å². The summed E-state index contributed by atoms with van der Waals surface area (Å²) in [7, 11) is 0. The van der Waals surface area contributed by atoms with Crippen LogP contribution >= 0.6 is 58.0 Å². The fraction of sp³-hybridized carbons (Fsp3) is 1.00. The monoisotopic (exact) mass is 272 g/mol. The lowest BCUT2D eigenvalue weighted by molar-refractivity contribution is 0.230. The zero-order valence-electron chi connectivity index (χ0n) is 5.84. The molecule has 0 aromatic carbocycles. The molecule has 0 bridgehead atoms. The molecule has 1 saturated carbocycles. The zero-order valence-corrected chi connectivity index (χ0v) is 9.62. The second kappa shape index (κ2) is 3.51. The van der Waals surface area contributed by atoms with Gasteiger partial charge in [0.1, 0.15) is 6.17 Å². The summed E-state index contributed by atoms with van der Waals surface area (Å²) in [5, 5.41) is -0.622. The maximum Gasteiger partial charge on any atom is 0.183 e. The third-order valence-electron chi connectivity index (χ3n) is 1.90. The summed E-state index contributed by atoms with van der Waals surface area (Å²) in [4.78, 5) is 0. The maximum absolute atomic E-state index is 13.1. The maximum atomic E-state index is 13.1. The van der Waals surface area contributed by atoms with Crippen molar-refractivity contribution in [1.82, 2.24) is 0 Å². The summed E-state index contributed by atoms with van der Waals surface area (Å²) in [6, 6.07) is 0. The first-order valence-corrected chi connectivity index (χ1v) is 5.28. The van der Waals surface area contributed by atoms with Crippen LogP contribution in [0.1, 0.15) is 12.8 Å². The highest BCUT2D eigenvalue weighted by Gasteiger charge is 2.59. The molecule has 0 N–H and O–H groups in total. The van der Waals surface area contributed by atoms with Gasteiger partial charge in [-0.1, -0.05) is 46.4 Å². The minimum absolute atomic E-state index is 0.183. The molecule has 6 heteroatoms. The topological polar surface area (TPSA) is 0 Å². The quantitative estimate of drug-likeness (QED) is 0.584. The second-order valence-corrected chi connectivity index (χ2v) is 6.06.